The first-order chi connectivity index (χ1) is 17.4. The number of aromatic nitrogens is 1. The summed E-state index contributed by atoms with van der Waals surface area (Å²) in [7, 11) is 0. The van der Waals surface area contributed by atoms with E-state index in [1.807, 2.05) is 17.3 Å². The van der Waals surface area contributed by atoms with Gasteiger partial charge in [0.25, 0.3) is 0 Å². The molecule has 1 aliphatic carbocycles. The maximum Gasteiger partial charge on any atom is 0.123 e. The Labute approximate surface area is 208 Å². The highest BCUT2D eigenvalue weighted by Crippen LogP contribution is 2.37. The van der Waals surface area contributed by atoms with Crippen molar-refractivity contribution in [2.45, 2.75) is 30.9 Å². The average Bonchev–Trinajstić information content (AvgIpc) is 3.57. The van der Waals surface area contributed by atoms with Crippen molar-refractivity contribution in [2.75, 3.05) is 23.8 Å². The molecule has 3 aromatic rings. The first-order valence-electron chi connectivity index (χ1n) is 11.9. The van der Waals surface area contributed by atoms with E-state index in [2.05, 4.69) is 32.6 Å². The number of nitrogens with one attached hydrogen (secondary N) is 4. The van der Waals surface area contributed by atoms with Crippen LogP contribution in [0.2, 0.25) is 5.02 Å². The number of ether oxygens (including phenoxy) is 1. The van der Waals surface area contributed by atoms with E-state index in [4.69, 9.17) is 16.3 Å². The van der Waals surface area contributed by atoms with E-state index < -0.39 is 6.02 Å². The van der Waals surface area contributed by atoms with Gasteiger partial charge in [-0.1, -0.05) is 23.7 Å². The zero-order valence-corrected chi connectivity index (χ0v) is 19.4. The maximum absolute atomic E-state index is 13.7. The summed E-state index contributed by atoms with van der Waals surface area (Å²) in [6.07, 6.45) is 5.51. The summed E-state index contributed by atoms with van der Waals surface area (Å²) in [6.45, 7) is 1.09. The number of halogens is 2. The van der Waals surface area contributed by atoms with Crippen molar-refractivity contribution in [3.63, 3.8) is 0 Å². The van der Waals surface area contributed by atoms with E-state index in [9.17, 15) is 11.0 Å². The van der Waals surface area contributed by atoms with Crippen LogP contribution < -0.4 is 21.6 Å². The number of pyridine rings is 1. The van der Waals surface area contributed by atoms with Crippen molar-refractivity contribution in [1.82, 2.24) is 21.0 Å². The van der Waals surface area contributed by atoms with Crippen LogP contribution in [-0.4, -0.2) is 35.3 Å². The lowest BCUT2D eigenvalue weighted by Crippen LogP contribution is -2.40. The average molecular weight is 493 g/mol. The Morgan fingerprint density at radius 2 is 2.09 bits per heavy atom. The number of fused-ring (bicyclic) bond motifs is 1. The molecule has 4 N–H and O–H groups in total. The fourth-order valence-corrected chi connectivity index (χ4v) is 4.42. The molecule has 2 aliphatic heterocycles. The van der Waals surface area contributed by atoms with E-state index in [0.29, 0.717) is 63.4 Å². The molecule has 0 amide bonds. The number of hydrogen-bond acceptors (Lipinski definition) is 8. The zero-order valence-electron chi connectivity index (χ0n) is 19.6. The molecular formula is C25H23ClFN7O. The third kappa shape index (κ3) is 4.32. The van der Waals surface area contributed by atoms with Crippen LogP contribution in [0.3, 0.4) is 0 Å². The smallest absolute Gasteiger partial charge is 0.123 e. The first kappa shape index (κ1) is 20.8. The maximum atomic E-state index is 13.7. The Morgan fingerprint density at radius 3 is 2.77 bits per heavy atom. The lowest BCUT2D eigenvalue weighted by atomic mass is 10.0. The molecule has 0 radical (unpaired) electrons. The Morgan fingerprint density at radius 1 is 1.29 bits per heavy atom. The van der Waals surface area contributed by atoms with E-state index >= 15 is 0 Å². The van der Waals surface area contributed by atoms with E-state index in [1.54, 1.807) is 18.2 Å². The summed E-state index contributed by atoms with van der Waals surface area (Å²) in [6, 6.07) is 10.5. The van der Waals surface area contributed by atoms with Crippen LogP contribution in [0.1, 0.15) is 31.4 Å². The summed E-state index contributed by atoms with van der Waals surface area (Å²) in [5.41, 5.74) is 9.39. The number of nitrogens with zero attached hydrogens (tertiary/aromatic N) is 3. The van der Waals surface area contributed by atoms with Crippen LogP contribution in [0.5, 0.6) is 0 Å². The van der Waals surface area contributed by atoms with Crippen LogP contribution in [0.15, 0.2) is 54.5 Å². The van der Waals surface area contributed by atoms with Gasteiger partial charge in [0.05, 0.1) is 54.1 Å². The zero-order chi connectivity index (χ0) is 24.9. The van der Waals surface area contributed by atoms with Gasteiger partial charge in [-0.2, -0.15) is 5.26 Å². The van der Waals surface area contributed by atoms with Gasteiger partial charge in [-0.3, -0.25) is 9.99 Å². The van der Waals surface area contributed by atoms with Gasteiger partial charge >= 0.3 is 0 Å². The molecule has 2 fully saturated rings. The molecule has 8 nitrogen and oxygen atoms in total. The Hall–Kier alpha value is -3.58. The Kier molecular flexibility index (Phi) is 5.27. The number of hydrogen-bond donors (Lipinski definition) is 4. The van der Waals surface area contributed by atoms with Crippen molar-refractivity contribution in [1.29, 1.82) is 5.26 Å². The molecule has 3 heterocycles. The second-order valence-corrected chi connectivity index (χ2v) is 9.22. The summed E-state index contributed by atoms with van der Waals surface area (Å²) in [5, 5.41) is 19.3. The van der Waals surface area contributed by atoms with Crippen molar-refractivity contribution in [3.05, 3.63) is 76.5 Å². The molecule has 1 atom stereocenters. The molecule has 1 saturated carbocycles. The van der Waals surface area contributed by atoms with Crippen LogP contribution in [0.4, 0.5) is 15.8 Å². The van der Waals surface area contributed by atoms with E-state index in [0.717, 1.165) is 12.8 Å². The molecule has 0 unspecified atom stereocenters. The van der Waals surface area contributed by atoms with Crippen LogP contribution in [0.25, 0.3) is 10.9 Å². The molecular weight excluding hydrogens is 469 g/mol. The fourth-order valence-electron chi connectivity index (χ4n) is 4.16. The number of anilines is 2. The van der Waals surface area contributed by atoms with E-state index in [1.165, 1.54) is 18.3 Å². The minimum Gasteiger partial charge on any atom is -0.377 e. The minimum atomic E-state index is -1.50. The Balaban J connectivity index is 1.44. The van der Waals surface area contributed by atoms with Crippen LogP contribution in [-0.2, 0) is 4.74 Å². The normalized spacial score (nSPS) is 19.7. The van der Waals surface area contributed by atoms with Crippen LogP contribution >= 0.6 is 11.6 Å². The minimum absolute atomic E-state index is 0.0832. The second kappa shape index (κ2) is 8.89. The molecule has 1 saturated heterocycles. The third-order valence-corrected chi connectivity index (χ3v) is 6.52. The molecule has 178 valence electrons. The predicted octanol–water partition coefficient (Wildman–Crippen LogP) is 4.19. The highest BCUT2D eigenvalue weighted by molar-refractivity contribution is 6.35. The lowest BCUT2D eigenvalue weighted by Gasteiger charge is -2.29. The van der Waals surface area contributed by atoms with Crippen LogP contribution in [0, 0.1) is 17.1 Å². The third-order valence-electron chi connectivity index (χ3n) is 6.23. The molecule has 3 aliphatic rings. The van der Waals surface area contributed by atoms with Crippen molar-refractivity contribution < 1.29 is 10.5 Å². The van der Waals surface area contributed by atoms with Crippen molar-refractivity contribution >= 4 is 33.9 Å². The SMILES string of the molecule is [2H][C@](Nc1cc(Cl)c2ncc(C#N)c(NC3COC3)c2c1)(C1=CN(C2CC2)NN1)c1ccc(F)cc1. The number of hydrazine groups is 2. The Bertz CT molecular complexity index is 1400. The summed E-state index contributed by atoms with van der Waals surface area (Å²) in [5.74, 6) is -0.383. The molecule has 1 aromatic heterocycles. The first-order valence-corrected chi connectivity index (χ1v) is 11.8. The number of nitriles is 1. The molecule has 6 rings (SSSR count). The van der Waals surface area contributed by atoms with Gasteiger partial charge in [-0.05, 0) is 42.7 Å². The molecule has 10 heteroatoms. The van der Waals surface area contributed by atoms with E-state index in [-0.39, 0.29) is 11.9 Å². The summed E-state index contributed by atoms with van der Waals surface area (Å²) in [4.78, 5) is 4.40. The van der Waals surface area contributed by atoms with Gasteiger partial charge in [0.2, 0.25) is 0 Å². The van der Waals surface area contributed by atoms with Gasteiger partial charge < -0.3 is 20.8 Å². The van der Waals surface area contributed by atoms with Gasteiger partial charge in [-0.25, -0.2) is 4.39 Å². The van der Waals surface area contributed by atoms with Gasteiger partial charge in [0.15, 0.2) is 0 Å². The quantitative estimate of drug-likeness (QED) is 0.390. The number of benzene rings is 2. The standard InChI is InChI=1S/C25H23ClFN7O/c26-21-8-17(7-20-23(31-18-12-35-13-18)15(9-28)10-29-25(20)21)30-24(14-1-3-16(27)4-2-14)22-11-34(33-32-22)19-5-6-19/h1-4,7-8,10-11,18-19,24,30,32-33H,5-6,12-13H2,(H,29,31)/t24-/m1/s1/i24D. The van der Waals surface area contributed by atoms with Crippen molar-refractivity contribution in [3.8, 4) is 6.07 Å². The fraction of sp³-hybridized carbons (Fsp3) is 0.280. The lowest BCUT2D eigenvalue weighted by molar-refractivity contribution is 0.0211. The monoisotopic (exact) mass is 492 g/mol. The molecule has 2 aromatic carbocycles. The van der Waals surface area contributed by atoms with Gasteiger partial charge in [0, 0.05) is 29.5 Å². The summed E-state index contributed by atoms with van der Waals surface area (Å²) >= 11 is 6.64. The molecule has 0 bridgehead atoms. The van der Waals surface area contributed by atoms with Crippen molar-refractivity contribution in [2.24, 2.45) is 0 Å². The molecule has 0 spiro atoms. The largest absolute Gasteiger partial charge is 0.377 e. The summed E-state index contributed by atoms with van der Waals surface area (Å²) < 4.78 is 28.5. The van der Waals surface area contributed by atoms with Gasteiger partial charge in [-0.15, -0.1) is 5.53 Å². The topological polar surface area (TPSA) is 97.3 Å². The highest BCUT2D eigenvalue weighted by Gasteiger charge is 2.32. The highest BCUT2D eigenvalue weighted by atomic mass is 35.5. The second-order valence-electron chi connectivity index (χ2n) is 8.82. The predicted molar refractivity (Wildman–Crippen MR) is 132 cm³/mol. The molecule has 35 heavy (non-hydrogen) atoms. The van der Waals surface area contributed by atoms with Gasteiger partial charge in [0.1, 0.15) is 11.9 Å². The number of rotatable bonds is 7.